The molecule has 3 unspecified atom stereocenters. The topological polar surface area (TPSA) is 32.8 Å². The lowest BCUT2D eigenvalue weighted by molar-refractivity contribution is -0.153. The second kappa shape index (κ2) is 6.71. The Labute approximate surface area is 117 Å². The van der Waals surface area contributed by atoms with Crippen LogP contribution in [0.3, 0.4) is 0 Å². The largest absolute Gasteiger partial charge is 0.465 e. The van der Waals surface area contributed by atoms with Gasteiger partial charge in [0, 0.05) is 25.2 Å². The average Bonchev–Trinajstić information content (AvgIpc) is 2.40. The van der Waals surface area contributed by atoms with Crippen molar-refractivity contribution < 1.29 is 9.53 Å². The molecule has 0 bridgehead atoms. The lowest BCUT2D eigenvalue weighted by Crippen LogP contribution is -2.62. The van der Waals surface area contributed by atoms with Crippen LogP contribution in [0.5, 0.6) is 0 Å². The Bertz CT molecular complexity index is 309. The lowest BCUT2D eigenvalue weighted by Gasteiger charge is -2.49. The zero-order valence-corrected chi connectivity index (χ0v) is 12.6. The molecule has 19 heavy (non-hydrogen) atoms. The van der Waals surface area contributed by atoms with E-state index < -0.39 is 0 Å². The van der Waals surface area contributed by atoms with E-state index in [9.17, 15) is 4.79 Å². The van der Waals surface area contributed by atoms with Crippen LogP contribution in [0.2, 0.25) is 0 Å². The fourth-order valence-electron chi connectivity index (χ4n) is 3.58. The predicted octanol–water partition coefficient (Wildman–Crippen LogP) is 1.89. The van der Waals surface area contributed by atoms with E-state index in [1.54, 1.807) is 0 Å². The Morgan fingerprint density at radius 1 is 1.32 bits per heavy atom. The summed E-state index contributed by atoms with van der Waals surface area (Å²) in [5, 5.41) is 0. The molecule has 110 valence electrons. The molecule has 0 radical (unpaired) electrons. The molecule has 2 aliphatic heterocycles. The van der Waals surface area contributed by atoms with Gasteiger partial charge in [-0.2, -0.15) is 0 Å². The number of esters is 1. The summed E-state index contributed by atoms with van der Waals surface area (Å²) in [4.78, 5) is 17.1. The molecule has 2 fully saturated rings. The van der Waals surface area contributed by atoms with Crippen LogP contribution in [0.25, 0.3) is 0 Å². The molecule has 0 spiro atoms. The number of rotatable bonds is 4. The third kappa shape index (κ3) is 3.29. The third-order valence-corrected chi connectivity index (χ3v) is 4.58. The Balaban J connectivity index is 2.03. The van der Waals surface area contributed by atoms with Gasteiger partial charge in [-0.15, -0.1) is 0 Å². The molecule has 0 aliphatic carbocycles. The number of fused-ring (bicyclic) bond motifs is 1. The SMILES string of the molecule is CCOC(=O)C(CC)N1CC2CCCCN2CC1C. The smallest absolute Gasteiger partial charge is 0.323 e. The molecule has 0 aromatic rings. The van der Waals surface area contributed by atoms with Crippen molar-refractivity contribution in [2.45, 2.75) is 64.6 Å². The molecule has 4 nitrogen and oxygen atoms in total. The van der Waals surface area contributed by atoms with Crippen LogP contribution in [0, 0.1) is 0 Å². The van der Waals surface area contributed by atoms with E-state index in [2.05, 4.69) is 23.6 Å². The molecular formula is C15H28N2O2. The van der Waals surface area contributed by atoms with Crippen molar-refractivity contribution in [2.75, 3.05) is 26.2 Å². The van der Waals surface area contributed by atoms with Crippen molar-refractivity contribution in [1.82, 2.24) is 9.80 Å². The van der Waals surface area contributed by atoms with Crippen molar-refractivity contribution in [3.05, 3.63) is 0 Å². The normalized spacial score (nSPS) is 30.7. The van der Waals surface area contributed by atoms with Gasteiger partial charge in [0.05, 0.1) is 6.61 Å². The molecule has 4 heteroatoms. The van der Waals surface area contributed by atoms with Gasteiger partial charge in [0.2, 0.25) is 0 Å². The van der Waals surface area contributed by atoms with Crippen molar-refractivity contribution in [2.24, 2.45) is 0 Å². The van der Waals surface area contributed by atoms with E-state index in [-0.39, 0.29) is 12.0 Å². The Hall–Kier alpha value is -0.610. The minimum Gasteiger partial charge on any atom is -0.465 e. The van der Waals surface area contributed by atoms with Crippen LogP contribution >= 0.6 is 0 Å². The molecule has 0 aromatic heterocycles. The van der Waals surface area contributed by atoms with Crippen molar-refractivity contribution >= 4 is 5.97 Å². The highest BCUT2D eigenvalue weighted by Gasteiger charge is 2.38. The fraction of sp³-hybridized carbons (Fsp3) is 0.933. The Morgan fingerprint density at radius 2 is 2.11 bits per heavy atom. The van der Waals surface area contributed by atoms with E-state index in [1.165, 1.54) is 25.8 Å². The molecule has 2 rings (SSSR count). The molecule has 2 aliphatic rings. The number of carbonyl (C=O) groups excluding carboxylic acids is 1. The third-order valence-electron chi connectivity index (χ3n) is 4.58. The van der Waals surface area contributed by atoms with Crippen molar-refractivity contribution in [3.63, 3.8) is 0 Å². The quantitative estimate of drug-likeness (QED) is 0.729. The fourth-order valence-corrected chi connectivity index (χ4v) is 3.58. The second-order valence-electron chi connectivity index (χ2n) is 5.87. The molecule has 0 amide bonds. The van der Waals surface area contributed by atoms with E-state index in [4.69, 9.17) is 4.74 Å². The van der Waals surface area contributed by atoms with E-state index >= 15 is 0 Å². The molecule has 0 saturated carbocycles. The number of hydrogen-bond acceptors (Lipinski definition) is 4. The maximum Gasteiger partial charge on any atom is 0.323 e. The summed E-state index contributed by atoms with van der Waals surface area (Å²) in [6.07, 6.45) is 4.79. The zero-order chi connectivity index (χ0) is 13.8. The van der Waals surface area contributed by atoms with Gasteiger partial charge in [-0.3, -0.25) is 14.6 Å². The number of carbonyl (C=O) groups is 1. The molecular weight excluding hydrogens is 240 g/mol. The van der Waals surface area contributed by atoms with Crippen LogP contribution in [0.15, 0.2) is 0 Å². The van der Waals surface area contributed by atoms with Gasteiger partial charge in [-0.1, -0.05) is 13.3 Å². The summed E-state index contributed by atoms with van der Waals surface area (Å²) in [6.45, 7) is 10.0. The van der Waals surface area contributed by atoms with Crippen LogP contribution in [-0.4, -0.2) is 60.1 Å². The highest BCUT2D eigenvalue weighted by atomic mass is 16.5. The molecule has 0 N–H and O–H groups in total. The van der Waals surface area contributed by atoms with Gasteiger partial charge >= 0.3 is 5.97 Å². The standard InChI is InChI=1S/C15H28N2O2/c1-4-14(15(18)19-5-2)17-11-13-8-6-7-9-16(13)10-12(17)3/h12-14H,4-11H2,1-3H3. The van der Waals surface area contributed by atoms with Crippen LogP contribution in [0.1, 0.15) is 46.5 Å². The summed E-state index contributed by atoms with van der Waals surface area (Å²) in [5.41, 5.74) is 0. The summed E-state index contributed by atoms with van der Waals surface area (Å²) in [6, 6.07) is 1.04. The molecule has 2 heterocycles. The first-order chi connectivity index (χ1) is 9.17. The van der Waals surface area contributed by atoms with Crippen LogP contribution in [-0.2, 0) is 9.53 Å². The number of piperidine rings is 1. The predicted molar refractivity (Wildman–Crippen MR) is 76.1 cm³/mol. The summed E-state index contributed by atoms with van der Waals surface area (Å²) in [5.74, 6) is -0.0406. The van der Waals surface area contributed by atoms with Gasteiger partial charge < -0.3 is 4.74 Å². The Kier molecular flexibility index (Phi) is 5.22. The van der Waals surface area contributed by atoms with Gasteiger partial charge in [-0.25, -0.2) is 0 Å². The first-order valence-electron chi connectivity index (χ1n) is 7.83. The molecule has 3 atom stereocenters. The highest BCUT2D eigenvalue weighted by Crippen LogP contribution is 2.26. The van der Waals surface area contributed by atoms with E-state index in [0.29, 0.717) is 18.7 Å². The van der Waals surface area contributed by atoms with Gasteiger partial charge in [-0.05, 0) is 39.7 Å². The molecule has 0 aromatic carbocycles. The maximum atomic E-state index is 12.1. The number of hydrogen-bond donors (Lipinski definition) is 0. The van der Waals surface area contributed by atoms with E-state index in [1.807, 2.05) is 6.92 Å². The van der Waals surface area contributed by atoms with Crippen LogP contribution in [0.4, 0.5) is 0 Å². The first kappa shape index (κ1) is 14.8. The lowest BCUT2D eigenvalue weighted by atomic mass is 9.95. The number of piperazine rings is 1. The monoisotopic (exact) mass is 268 g/mol. The zero-order valence-electron chi connectivity index (χ0n) is 12.6. The summed E-state index contributed by atoms with van der Waals surface area (Å²) in [7, 11) is 0. The van der Waals surface area contributed by atoms with Crippen LogP contribution < -0.4 is 0 Å². The highest BCUT2D eigenvalue weighted by molar-refractivity contribution is 5.75. The molecule has 2 saturated heterocycles. The van der Waals surface area contributed by atoms with Crippen molar-refractivity contribution in [1.29, 1.82) is 0 Å². The summed E-state index contributed by atoms with van der Waals surface area (Å²) < 4.78 is 5.24. The first-order valence-corrected chi connectivity index (χ1v) is 7.83. The summed E-state index contributed by atoms with van der Waals surface area (Å²) >= 11 is 0. The number of nitrogens with zero attached hydrogens (tertiary/aromatic N) is 2. The van der Waals surface area contributed by atoms with Crippen molar-refractivity contribution in [3.8, 4) is 0 Å². The minimum absolute atomic E-state index is 0.0406. The van der Waals surface area contributed by atoms with Gasteiger partial charge in [0.15, 0.2) is 0 Å². The second-order valence-corrected chi connectivity index (χ2v) is 5.87. The average molecular weight is 268 g/mol. The van der Waals surface area contributed by atoms with E-state index in [0.717, 1.165) is 19.5 Å². The Morgan fingerprint density at radius 3 is 2.79 bits per heavy atom. The van der Waals surface area contributed by atoms with Gasteiger partial charge in [0.25, 0.3) is 0 Å². The number of ether oxygens (including phenoxy) is 1. The van der Waals surface area contributed by atoms with Gasteiger partial charge in [0.1, 0.15) is 6.04 Å². The maximum absolute atomic E-state index is 12.1. The minimum atomic E-state index is -0.0565.